The molecule has 1 aromatic carbocycles. The number of likely N-dealkylation sites (tertiary alicyclic amines) is 1. The summed E-state index contributed by atoms with van der Waals surface area (Å²) in [6.45, 7) is -1.54. The molecular formula is C14H18F2N2O2. The molecular weight excluding hydrogens is 266 g/mol. The molecule has 20 heavy (non-hydrogen) atoms. The number of benzene rings is 1. The zero-order valence-corrected chi connectivity index (χ0v) is 11.6. The van der Waals surface area contributed by atoms with Gasteiger partial charge in [0.15, 0.2) is 0 Å². The van der Waals surface area contributed by atoms with Crippen molar-refractivity contribution in [3.05, 3.63) is 29.8 Å². The fourth-order valence-corrected chi connectivity index (χ4v) is 2.34. The van der Waals surface area contributed by atoms with Gasteiger partial charge in [-0.15, -0.1) is 0 Å². The van der Waals surface area contributed by atoms with Gasteiger partial charge in [-0.05, 0) is 38.7 Å². The Labute approximate surface area is 116 Å². The Morgan fingerprint density at radius 2 is 2.20 bits per heavy atom. The SMILES string of the molecule is CN(C)[C@@H]1CCN(C(=O)c2cccc(OC(F)F)c2)C1. The molecule has 1 aliphatic rings. The predicted molar refractivity (Wildman–Crippen MR) is 71.1 cm³/mol. The molecule has 0 spiro atoms. The molecule has 1 atom stereocenters. The first-order valence-electron chi connectivity index (χ1n) is 6.48. The Morgan fingerprint density at radius 1 is 1.45 bits per heavy atom. The summed E-state index contributed by atoms with van der Waals surface area (Å²) in [5.74, 6) is -0.136. The molecule has 1 aromatic rings. The van der Waals surface area contributed by atoms with Gasteiger partial charge in [0.2, 0.25) is 0 Å². The van der Waals surface area contributed by atoms with E-state index >= 15 is 0 Å². The summed E-state index contributed by atoms with van der Waals surface area (Å²) < 4.78 is 28.7. The van der Waals surface area contributed by atoms with E-state index in [1.54, 1.807) is 17.0 Å². The van der Waals surface area contributed by atoms with E-state index in [1.807, 2.05) is 14.1 Å². The van der Waals surface area contributed by atoms with Crippen LogP contribution in [0.15, 0.2) is 24.3 Å². The molecule has 0 radical (unpaired) electrons. The van der Waals surface area contributed by atoms with Crippen LogP contribution in [0.25, 0.3) is 0 Å². The van der Waals surface area contributed by atoms with Crippen molar-refractivity contribution in [3.63, 3.8) is 0 Å². The highest BCUT2D eigenvalue weighted by molar-refractivity contribution is 5.94. The zero-order valence-electron chi connectivity index (χ0n) is 11.6. The molecule has 0 aromatic heterocycles. The van der Waals surface area contributed by atoms with E-state index in [2.05, 4.69) is 9.64 Å². The van der Waals surface area contributed by atoms with Crippen molar-refractivity contribution < 1.29 is 18.3 Å². The van der Waals surface area contributed by atoms with Gasteiger partial charge in [-0.2, -0.15) is 8.78 Å². The molecule has 1 aliphatic heterocycles. The summed E-state index contributed by atoms with van der Waals surface area (Å²) in [6, 6.07) is 6.28. The Kier molecular flexibility index (Phi) is 4.54. The van der Waals surface area contributed by atoms with Crippen molar-refractivity contribution in [1.82, 2.24) is 9.80 Å². The fourth-order valence-electron chi connectivity index (χ4n) is 2.34. The lowest BCUT2D eigenvalue weighted by molar-refractivity contribution is -0.0499. The van der Waals surface area contributed by atoms with E-state index < -0.39 is 6.61 Å². The smallest absolute Gasteiger partial charge is 0.387 e. The van der Waals surface area contributed by atoms with Crippen LogP contribution in [-0.4, -0.2) is 55.5 Å². The predicted octanol–water partition coefficient (Wildman–Crippen LogP) is 2.06. The van der Waals surface area contributed by atoms with Crippen molar-refractivity contribution in [3.8, 4) is 5.75 Å². The quantitative estimate of drug-likeness (QED) is 0.848. The maximum atomic E-state index is 12.3. The number of halogens is 2. The minimum atomic E-state index is -2.88. The first-order valence-corrected chi connectivity index (χ1v) is 6.48. The third kappa shape index (κ3) is 3.45. The van der Waals surface area contributed by atoms with E-state index in [9.17, 15) is 13.6 Å². The Balaban J connectivity index is 2.06. The highest BCUT2D eigenvalue weighted by Gasteiger charge is 2.28. The standard InChI is InChI=1S/C14H18F2N2O2/c1-17(2)11-6-7-18(9-11)13(19)10-4-3-5-12(8-10)20-14(15)16/h3-5,8,11,14H,6-7,9H2,1-2H3/t11-/m1/s1. The lowest BCUT2D eigenvalue weighted by Crippen LogP contribution is -2.34. The Bertz CT molecular complexity index is 480. The maximum Gasteiger partial charge on any atom is 0.387 e. The van der Waals surface area contributed by atoms with Crippen LogP contribution in [0, 0.1) is 0 Å². The third-order valence-corrected chi connectivity index (χ3v) is 3.49. The second-order valence-electron chi connectivity index (χ2n) is 5.06. The number of rotatable bonds is 4. The van der Waals surface area contributed by atoms with E-state index in [0.717, 1.165) is 6.42 Å². The van der Waals surface area contributed by atoms with Crippen LogP contribution in [0.1, 0.15) is 16.8 Å². The number of hydrogen-bond donors (Lipinski definition) is 0. The number of carbonyl (C=O) groups is 1. The molecule has 1 fully saturated rings. The average molecular weight is 284 g/mol. The van der Waals surface area contributed by atoms with Crippen LogP contribution in [0.4, 0.5) is 8.78 Å². The maximum absolute atomic E-state index is 12.3. The number of amides is 1. The monoisotopic (exact) mass is 284 g/mol. The first-order chi connectivity index (χ1) is 9.47. The van der Waals surface area contributed by atoms with Gasteiger partial charge in [0.25, 0.3) is 5.91 Å². The minimum absolute atomic E-state index is 0.00852. The fraction of sp³-hybridized carbons (Fsp3) is 0.500. The van der Waals surface area contributed by atoms with Crippen LogP contribution < -0.4 is 4.74 Å². The number of alkyl halides is 2. The van der Waals surface area contributed by atoms with Crippen LogP contribution >= 0.6 is 0 Å². The van der Waals surface area contributed by atoms with Crippen molar-refractivity contribution in [1.29, 1.82) is 0 Å². The van der Waals surface area contributed by atoms with Gasteiger partial charge >= 0.3 is 6.61 Å². The number of hydrogen-bond acceptors (Lipinski definition) is 3. The second-order valence-corrected chi connectivity index (χ2v) is 5.06. The Hall–Kier alpha value is -1.69. The van der Waals surface area contributed by atoms with Gasteiger partial charge in [0.1, 0.15) is 5.75 Å². The van der Waals surface area contributed by atoms with Crippen LogP contribution in [0.2, 0.25) is 0 Å². The van der Waals surface area contributed by atoms with E-state index in [4.69, 9.17) is 0 Å². The summed E-state index contributed by atoms with van der Waals surface area (Å²) in [5.41, 5.74) is 0.377. The van der Waals surface area contributed by atoms with Gasteiger partial charge < -0.3 is 14.5 Å². The Morgan fingerprint density at radius 3 is 2.80 bits per heavy atom. The van der Waals surface area contributed by atoms with Crippen molar-refractivity contribution in [2.24, 2.45) is 0 Å². The molecule has 1 heterocycles. The van der Waals surface area contributed by atoms with Gasteiger partial charge in [-0.3, -0.25) is 4.79 Å². The largest absolute Gasteiger partial charge is 0.435 e. The molecule has 1 amide bonds. The molecule has 0 N–H and O–H groups in total. The van der Waals surface area contributed by atoms with Crippen molar-refractivity contribution >= 4 is 5.91 Å². The zero-order chi connectivity index (χ0) is 14.7. The lowest BCUT2D eigenvalue weighted by atomic mass is 10.2. The van der Waals surface area contributed by atoms with Gasteiger partial charge in [0.05, 0.1) is 0 Å². The second kappa shape index (κ2) is 6.17. The van der Waals surface area contributed by atoms with Crippen molar-refractivity contribution in [2.45, 2.75) is 19.1 Å². The van der Waals surface area contributed by atoms with Gasteiger partial charge in [0, 0.05) is 24.7 Å². The molecule has 6 heteroatoms. The van der Waals surface area contributed by atoms with Crippen molar-refractivity contribution in [2.75, 3.05) is 27.2 Å². The van der Waals surface area contributed by atoms with Crippen LogP contribution in [0.5, 0.6) is 5.75 Å². The minimum Gasteiger partial charge on any atom is -0.435 e. The summed E-state index contributed by atoms with van der Waals surface area (Å²) in [4.78, 5) is 16.1. The highest BCUT2D eigenvalue weighted by atomic mass is 19.3. The molecule has 0 aliphatic carbocycles. The third-order valence-electron chi connectivity index (χ3n) is 3.49. The summed E-state index contributed by atoms with van der Waals surface area (Å²) in [7, 11) is 3.96. The van der Waals surface area contributed by atoms with Gasteiger partial charge in [-0.1, -0.05) is 6.07 Å². The van der Waals surface area contributed by atoms with Crippen LogP contribution in [-0.2, 0) is 0 Å². The topological polar surface area (TPSA) is 32.8 Å². The first kappa shape index (κ1) is 14.7. The average Bonchev–Trinajstić information content (AvgIpc) is 2.87. The summed E-state index contributed by atoms with van der Waals surface area (Å²) >= 11 is 0. The normalized spacial score (nSPS) is 18.9. The number of nitrogens with zero attached hydrogens (tertiary/aromatic N) is 2. The number of likely N-dealkylation sites (N-methyl/N-ethyl adjacent to an activating group) is 1. The molecule has 1 saturated heterocycles. The molecule has 0 saturated carbocycles. The summed E-state index contributed by atoms with van der Waals surface area (Å²) in [6.07, 6.45) is 0.923. The van der Waals surface area contributed by atoms with Gasteiger partial charge in [-0.25, -0.2) is 0 Å². The highest BCUT2D eigenvalue weighted by Crippen LogP contribution is 2.20. The van der Waals surface area contributed by atoms with Crippen LogP contribution in [0.3, 0.4) is 0 Å². The molecule has 4 nitrogen and oxygen atoms in total. The number of ether oxygens (including phenoxy) is 1. The molecule has 0 unspecified atom stereocenters. The number of carbonyl (C=O) groups excluding carboxylic acids is 1. The van der Waals surface area contributed by atoms with E-state index in [1.165, 1.54) is 12.1 Å². The van der Waals surface area contributed by atoms with E-state index in [0.29, 0.717) is 24.7 Å². The van der Waals surface area contributed by atoms with E-state index in [-0.39, 0.29) is 11.7 Å². The molecule has 2 rings (SSSR count). The molecule has 0 bridgehead atoms. The lowest BCUT2D eigenvalue weighted by Gasteiger charge is -2.20. The molecule has 110 valence electrons. The summed E-state index contributed by atoms with van der Waals surface area (Å²) in [5, 5.41) is 0.